The van der Waals surface area contributed by atoms with E-state index in [0.29, 0.717) is 16.2 Å². The van der Waals surface area contributed by atoms with E-state index in [1.165, 1.54) is 0 Å². The first-order valence-corrected chi connectivity index (χ1v) is 4.95. The van der Waals surface area contributed by atoms with Crippen LogP contribution in [0, 0.1) is 0 Å². The quantitative estimate of drug-likeness (QED) is 0.679. The number of carboxylic acids is 1. The molecule has 0 radical (unpaired) electrons. The van der Waals surface area contributed by atoms with Crippen LogP contribution in [0.2, 0.25) is 0 Å². The Bertz CT molecular complexity index is 524. The molecule has 0 spiro atoms. The van der Waals surface area contributed by atoms with Crippen LogP contribution in [0.5, 0.6) is 0 Å². The number of fused-ring (bicyclic) bond motifs is 1. The van der Waals surface area contributed by atoms with Gasteiger partial charge < -0.3 is 10.4 Å². The number of carboxylic acid groups (broad SMARTS) is 1. The van der Waals surface area contributed by atoms with Gasteiger partial charge in [0.05, 0.1) is 12.1 Å². The highest BCUT2D eigenvalue weighted by molar-refractivity contribution is 6.44. The van der Waals surface area contributed by atoms with Crippen molar-refractivity contribution in [1.82, 2.24) is 0 Å². The van der Waals surface area contributed by atoms with E-state index in [4.69, 9.17) is 5.11 Å². The maximum absolute atomic E-state index is 11.6. The molecule has 88 valence electrons. The molecular formula is C11H10N2O4. The first-order chi connectivity index (χ1) is 8.04. The number of imide groups is 1. The summed E-state index contributed by atoms with van der Waals surface area (Å²) in [5.74, 6) is -3.37. The van der Waals surface area contributed by atoms with Gasteiger partial charge in [-0.1, -0.05) is 0 Å². The number of rotatable bonds is 1. The van der Waals surface area contributed by atoms with Crippen LogP contribution in [-0.4, -0.2) is 29.9 Å². The summed E-state index contributed by atoms with van der Waals surface area (Å²) in [6, 6.07) is 4.97. The molecule has 0 unspecified atom stereocenters. The summed E-state index contributed by atoms with van der Waals surface area (Å²) < 4.78 is 0. The van der Waals surface area contributed by atoms with Crippen LogP contribution >= 0.6 is 0 Å². The van der Waals surface area contributed by atoms with E-state index >= 15 is 0 Å². The van der Waals surface area contributed by atoms with Crippen molar-refractivity contribution >= 4 is 29.2 Å². The Kier molecular flexibility index (Phi) is 2.55. The summed E-state index contributed by atoms with van der Waals surface area (Å²) in [5, 5.41) is 11.5. The van der Waals surface area contributed by atoms with Crippen molar-refractivity contribution in [2.75, 3.05) is 17.3 Å². The molecule has 0 fully saturated rings. The van der Waals surface area contributed by atoms with E-state index in [0.717, 1.165) is 5.69 Å². The Morgan fingerprint density at radius 1 is 1.41 bits per heavy atom. The second-order valence-electron chi connectivity index (χ2n) is 3.61. The number of carbonyl (C=O) groups excluding carboxylic acids is 2. The normalized spacial score (nSPS) is 13.5. The van der Waals surface area contributed by atoms with Crippen molar-refractivity contribution in [2.24, 2.45) is 0 Å². The zero-order valence-corrected chi connectivity index (χ0v) is 9.06. The zero-order valence-electron chi connectivity index (χ0n) is 9.06. The van der Waals surface area contributed by atoms with E-state index in [1.807, 2.05) is 0 Å². The molecule has 1 aliphatic heterocycles. The topological polar surface area (TPSA) is 86.7 Å². The molecular weight excluding hydrogens is 224 g/mol. The van der Waals surface area contributed by atoms with Gasteiger partial charge in [0, 0.05) is 12.7 Å². The molecule has 1 heterocycles. The summed E-state index contributed by atoms with van der Waals surface area (Å²) >= 11 is 0. The van der Waals surface area contributed by atoms with Crippen LogP contribution in [0.4, 0.5) is 11.4 Å². The molecule has 17 heavy (non-hydrogen) atoms. The van der Waals surface area contributed by atoms with Crippen molar-refractivity contribution < 1.29 is 19.5 Å². The van der Waals surface area contributed by atoms with Gasteiger partial charge in [-0.05, 0) is 23.8 Å². The maximum atomic E-state index is 11.6. The van der Waals surface area contributed by atoms with Crippen LogP contribution < -0.4 is 10.2 Å². The van der Waals surface area contributed by atoms with Crippen molar-refractivity contribution in [3.05, 3.63) is 23.8 Å². The highest BCUT2D eigenvalue weighted by Crippen LogP contribution is 2.31. The number of amides is 2. The zero-order chi connectivity index (χ0) is 12.6. The van der Waals surface area contributed by atoms with Crippen molar-refractivity contribution in [2.45, 2.75) is 6.42 Å². The molecule has 1 aromatic carbocycles. The maximum Gasteiger partial charge on any atom is 0.395 e. The van der Waals surface area contributed by atoms with Crippen LogP contribution in [-0.2, 0) is 20.8 Å². The first kappa shape index (κ1) is 11.1. The molecule has 1 aromatic rings. The number of nitrogens with one attached hydrogen (secondary N) is 1. The van der Waals surface area contributed by atoms with E-state index in [2.05, 4.69) is 5.32 Å². The fourth-order valence-corrected chi connectivity index (χ4v) is 1.80. The predicted molar refractivity (Wildman–Crippen MR) is 59.8 cm³/mol. The molecule has 0 saturated carbocycles. The van der Waals surface area contributed by atoms with Gasteiger partial charge in [0.1, 0.15) is 0 Å². The third-order valence-electron chi connectivity index (χ3n) is 2.59. The van der Waals surface area contributed by atoms with Crippen molar-refractivity contribution in [1.29, 1.82) is 0 Å². The number of carbonyl (C=O) groups is 3. The first-order valence-electron chi connectivity index (χ1n) is 4.95. The highest BCUT2D eigenvalue weighted by Gasteiger charge is 2.35. The summed E-state index contributed by atoms with van der Waals surface area (Å²) in [7, 11) is 1.73. The van der Waals surface area contributed by atoms with E-state index in [-0.39, 0.29) is 6.42 Å². The molecule has 1 aliphatic rings. The van der Waals surface area contributed by atoms with E-state index in [1.54, 1.807) is 25.2 Å². The minimum atomic E-state index is -1.64. The molecule has 0 aromatic heterocycles. The lowest BCUT2D eigenvalue weighted by atomic mass is 10.1. The highest BCUT2D eigenvalue weighted by atomic mass is 16.4. The van der Waals surface area contributed by atoms with Crippen molar-refractivity contribution in [3.8, 4) is 0 Å². The summed E-state index contributed by atoms with van der Waals surface area (Å²) in [6.07, 6.45) is 0.0455. The molecule has 0 saturated heterocycles. The fourth-order valence-electron chi connectivity index (χ4n) is 1.80. The van der Waals surface area contributed by atoms with Gasteiger partial charge in [0.15, 0.2) is 0 Å². The lowest BCUT2D eigenvalue weighted by molar-refractivity contribution is -0.149. The van der Waals surface area contributed by atoms with Gasteiger partial charge in [0.25, 0.3) is 0 Å². The largest absolute Gasteiger partial charge is 0.474 e. The van der Waals surface area contributed by atoms with Gasteiger partial charge in [-0.15, -0.1) is 0 Å². The Labute approximate surface area is 96.8 Å². The smallest absolute Gasteiger partial charge is 0.395 e. The Hall–Kier alpha value is -2.37. The van der Waals surface area contributed by atoms with Gasteiger partial charge in [-0.3, -0.25) is 9.59 Å². The van der Waals surface area contributed by atoms with Gasteiger partial charge in [-0.25, -0.2) is 9.69 Å². The average Bonchev–Trinajstić information content (AvgIpc) is 2.62. The molecule has 0 bridgehead atoms. The standard InChI is InChI=1S/C11H10N2O4/c1-12-7-2-3-8-6(4-7)5-9(14)13(8)10(15)11(16)17/h2-4,12H,5H2,1H3,(H,16,17). The van der Waals surface area contributed by atoms with E-state index < -0.39 is 17.8 Å². The number of aliphatic carboxylic acids is 1. The van der Waals surface area contributed by atoms with Crippen LogP contribution in [0.15, 0.2) is 18.2 Å². The number of benzene rings is 1. The van der Waals surface area contributed by atoms with Crippen LogP contribution in [0.25, 0.3) is 0 Å². The monoisotopic (exact) mass is 234 g/mol. The molecule has 2 rings (SSSR count). The lowest BCUT2D eigenvalue weighted by Gasteiger charge is -2.12. The minimum absolute atomic E-state index is 0.0455. The summed E-state index contributed by atoms with van der Waals surface area (Å²) in [4.78, 5) is 34.3. The Morgan fingerprint density at radius 2 is 2.12 bits per heavy atom. The summed E-state index contributed by atoms with van der Waals surface area (Å²) in [6.45, 7) is 0. The average molecular weight is 234 g/mol. The molecule has 6 heteroatoms. The summed E-state index contributed by atoms with van der Waals surface area (Å²) in [5.41, 5.74) is 1.80. The molecule has 0 atom stereocenters. The number of hydrogen-bond acceptors (Lipinski definition) is 4. The van der Waals surface area contributed by atoms with Crippen molar-refractivity contribution in [3.63, 3.8) is 0 Å². The third kappa shape index (κ3) is 1.73. The van der Waals surface area contributed by atoms with E-state index in [9.17, 15) is 14.4 Å². The number of hydrogen-bond donors (Lipinski definition) is 2. The van der Waals surface area contributed by atoms with Crippen LogP contribution in [0.3, 0.4) is 0 Å². The molecule has 6 nitrogen and oxygen atoms in total. The molecule has 2 amide bonds. The fraction of sp³-hybridized carbons (Fsp3) is 0.182. The predicted octanol–water partition coefficient (Wildman–Crippen LogP) is 0.229. The minimum Gasteiger partial charge on any atom is -0.474 e. The van der Waals surface area contributed by atoms with Gasteiger partial charge in [0.2, 0.25) is 5.91 Å². The second-order valence-corrected chi connectivity index (χ2v) is 3.61. The lowest BCUT2D eigenvalue weighted by Crippen LogP contribution is -2.38. The van der Waals surface area contributed by atoms with Gasteiger partial charge >= 0.3 is 11.9 Å². The Morgan fingerprint density at radius 3 is 2.71 bits per heavy atom. The third-order valence-corrected chi connectivity index (χ3v) is 2.59. The number of nitrogens with zero attached hydrogens (tertiary/aromatic N) is 1. The SMILES string of the molecule is CNc1ccc2c(c1)CC(=O)N2C(=O)C(=O)O. The molecule has 2 N–H and O–H groups in total. The molecule has 0 aliphatic carbocycles. The number of anilines is 2. The van der Waals surface area contributed by atoms with Gasteiger partial charge in [-0.2, -0.15) is 0 Å². The Balaban J connectivity index is 2.44. The second kappa shape index (κ2) is 3.89. The van der Waals surface area contributed by atoms with Crippen LogP contribution in [0.1, 0.15) is 5.56 Å².